The summed E-state index contributed by atoms with van der Waals surface area (Å²) in [4.78, 5) is 25.5. The first-order valence-corrected chi connectivity index (χ1v) is 7.62. The lowest BCUT2D eigenvalue weighted by atomic mass is 9.81. The number of amides is 1. The van der Waals surface area contributed by atoms with E-state index in [0.29, 0.717) is 37.8 Å². The van der Waals surface area contributed by atoms with Crippen molar-refractivity contribution in [3.05, 3.63) is 35.9 Å². The van der Waals surface area contributed by atoms with Gasteiger partial charge in [0.15, 0.2) is 0 Å². The van der Waals surface area contributed by atoms with Crippen LogP contribution in [0, 0.1) is 11.3 Å². The van der Waals surface area contributed by atoms with Crippen molar-refractivity contribution in [3.63, 3.8) is 0 Å². The number of nitrogens with zero attached hydrogens (tertiary/aromatic N) is 1. The van der Waals surface area contributed by atoms with Crippen molar-refractivity contribution in [2.45, 2.75) is 32.1 Å². The van der Waals surface area contributed by atoms with Gasteiger partial charge >= 0.3 is 5.97 Å². The van der Waals surface area contributed by atoms with Crippen molar-refractivity contribution < 1.29 is 14.7 Å². The molecule has 1 aliphatic carbocycles. The first kappa shape index (κ1) is 14.1. The van der Waals surface area contributed by atoms with Crippen LogP contribution in [-0.2, 0) is 9.59 Å². The molecule has 0 unspecified atom stereocenters. The second-order valence-corrected chi connectivity index (χ2v) is 6.42. The summed E-state index contributed by atoms with van der Waals surface area (Å²) >= 11 is 0. The number of hydrogen-bond acceptors (Lipinski definition) is 2. The average Bonchev–Trinajstić information content (AvgIpc) is 3.29. The average molecular weight is 287 g/mol. The molecule has 2 fully saturated rings. The van der Waals surface area contributed by atoms with Crippen LogP contribution >= 0.6 is 0 Å². The minimum absolute atomic E-state index is 0.173. The van der Waals surface area contributed by atoms with E-state index in [-0.39, 0.29) is 5.91 Å². The molecule has 4 nitrogen and oxygen atoms in total. The zero-order valence-corrected chi connectivity index (χ0v) is 12.3. The summed E-state index contributed by atoms with van der Waals surface area (Å²) in [6.45, 7) is 3.47. The molecule has 1 amide bonds. The molecule has 0 spiro atoms. The van der Waals surface area contributed by atoms with Gasteiger partial charge in [-0.3, -0.25) is 9.59 Å². The van der Waals surface area contributed by atoms with Crippen LogP contribution in [0.25, 0.3) is 0 Å². The normalized spacial score (nSPS) is 27.2. The Morgan fingerprint density at radius 2 is 1.90 bits per heavy atom. The van der Waals surface area contributed by atoms with Gasteiger partial charge in [0.25, 0.3) is 0 Å². The predicted molar refractivity (Wildman–Crippen MR) is 78.8 cm³/mol. The topological polar surface area (TPSA) is 57.6 Å². The first-order valence-electron chi connectivity index (χ1n) is 7.62. The van der Waals surface area contributed by atoms with Crippen molar-refractivity contribution in [2.75, 3.05) is 13.1 Å². The Hall–Kier alpha value is -1.84. The van der Waals surface area contributed by atoms with Gasteiger partial charge in [0.1, 0.15) is 5.41 Å². The lowest BCUT2D eigenvalue weighted by Gasteiger charge is -2.38. The standard InChI is InChI=1S/C17H21NO3/c1-12-11-18(15(19)17(8-9-17)16(20)21)10-7-14(12)13-5-3-2-4-6-13/h2-6,12,14H,7-11H2,1H3,(H,20,21)/t12-,14-/m1/s1. The molecule has 112 valence electrons. The van der Waals surface area contributed by atoms with Gasteiger partial charge in [-0.15, -0.1) is 0 Å². The molecule has 1 N–H and O–H groups in total. The number of hydrogen-bond donors (Lipinski definition) is 1. The van der Waals surface area contributed by atoms with Crippen LogP contribution in [0.1, 0.15) is 37.7 Å². The molecular formula is C17H21NO3. The van der Waals surface area contributed by atoms with E-state index in [1.165, 1.54) is 5.56 Å². The van der Waals surface area contributed by atoms with Crippen molar-refractivity contribution in [1.82, 2.24) is 4.90 Å². The maximum Gasteiger partial charge on any atom is 0.319 e. The summed E-state index contributed by atoms with van der Waals surface area (Å²) in [5.74, 6) is -0.316. The number of carbonyl (C=O) groups is 2. The van der Waals surface area contributed by atoms with E-state index in [2.05, 4.69) is 19.1 Å². The molecule has 0 aromatic heterocycles. The summed E-state index contributed by atoms with van der Waals surface area (Å²) in [6.07, 6.45) is 1.90. The zero-order chi connectivity index (χ0) is 15.0. The number of benzene rings is 1. The fourth-order valence-electron chi connectivity index (χ4n) is 3.47. The molecule has 1 aromatic rings. The molecule has 21 heavy (non-hydrogen) atoms. The van der Waals surface area contributed by atoms with Crippen molar-refractivity contribution in [3.8, 4) is 0 Å². The van der Waals surface area contributed by atoms with E-state index < -0.39 is 11.4 Å². The van der Waals surface area contributed by atoms with Gasteiger partial charge in [-0.25, -0.2) is 0 Å². The molecule has 1 saturated heterocycles. The van der Waals surface area contributed by atoms with Crippen molar-refractivity contribution >= 4 is 11.9 Å². The fraction of sp³-hybridized carbons (Fsp3) is 0.529. The summed E-state index contributed by atoms with van der Waals surface area (Å²) in [7, 11) is 0. The van der Waals surface area contributed by atoms with Gasteiger partial charge in [-0.1, -0.05) is 37.3 Å². The van der Waals surface area contributed by atoms with E-state index >= 15 is 0 Å². The SMILES string of the molecule is C[C@@H]1CN(C(=O)C2(C(=O)O)CC2)CC[C@H]1c1ccccc1. The Morgan fingerprint density at radius 3 is 2.43 bits per heavy atom. The van der Waals surface area contributed by atoms with E-state index in [0.717, 1.165) is 6.42 Å². The zero-order valence-electron chi connectivity index (χ0n) is 12.3. The number of carboxylic acids is 1. The lowest BCUT2D eigenvalue weighted by molar-refractivity contribution is -0.154. The van der Waals surface area contributed by atoms with Gasteiger partial charge in [-0.2, -0.15) is 0 Å². The molecule has 0 bridgehead atoms. The van der Waals surface area contributed by atoms with Gasteiger partial charge in [-0.05, 0) is 36.7 Å². The Labute approximate surface area is 124 Å². The molecule has 0 radical (unpaired) electrons. The minimum atomic E-state index is -1.10. The number of likely N-dealkylation sites (tertiary alicyclic amines) is 1. The third-order valence-electron chi connectivity index (χ3n) is 4.99. The van der Waals surface area contributed by atoms with E-state index in [1.54, 1.807) is 4.90 Å². The third-order valence-corrected chi connectivity index (χ3v) is 4.99. The Bertz CT molecular complexity index is 550. The Kier molecular flexibility index (Phi) is 3.47. The summed E-state index contributed by atoms with van der Waals surface area (Å²) in [5.41, 5.74) is 0.218. The van der Waals surface area contributed by atoms with E-state index in [1.807, 2.05) is 18.2 Å². The quantitative estimate of drug-likeness (QED) is 0.869. The van der Waals surface area contributed by atoms with Crippen LogP contribution in [0.4, 0.5) is 0 Å². The number of rotatable bonds is 3. The largest absolute Gasteiger partial charge is 0.480 e. The fourth-order valence-corrected chi connectivity index (χ4v) is 3.47. The van der Waals surface area contributed by atoms with Crippen LogP contribution in [0.5, 0.6) is 0 Å². The third kappa shape index (κ3) is 2.43. The van der Waals surface area contributed by atoms with Gasteiger partial charge in [0.05, 0.1) is 0 Å². The van der Waals surface area contributed by atoms with Gasteiger partial charge in [0, 0.05) is 13.1 Å². The van der Waals surface area contributed by atoms with Crippen molar-refractivity contribution in [2.24, 2.45) is 11.3 Å². The monoisotopic (exact) mass is 287 g/mol. The molecule has 2 atom stereocenters. The highest BCUT2D eigenvalue weighted by Gasteiger charge is 2.58. The molecule has 1 aliphatic heterocycles. The number of carboxylic acid groups (broad SMARTS) is 1. The number of aliphatic carboxylic acids is 1. The van der Waals surface area contributed by atoms with Crippen LogP contribution in [0.3, 0.4) is 0 Å². The van der Waals surface area contributed by atoms with Crippen LogP contribution in [0.15, 0.2) is 30.3 Å². The molecule has 1 saturated carbocycles. The van der Waals surface area contributed by atoms with Gasteiger partial charge < -0.3 is 10.0 Å². The van der Waals surface area contributed by atoms with Gasteiger partial charge in [0.2, 0.25) is 5.91 Å². The van der Waals surface area contributed by atoms with E-state index in [4.69, 9.17) is 0 Å². The highest BCUT2D eigenvalue weighted by Crippen LogP contribution is 2.48. The minimum Gasteiger partial charge on any atom is -0.480 e. The van der Waals surface area contributed by atoms with E-state index in [9.17, 15) is 14.7 Å². The second kappa shape index (κ2) is 5.17. The summed E-state index contributed by atoms with van der Waals surface area (Å²) in [6, 6.07) is 10.4. The predicted octanol–water partition coefficient (Wildman–Crippen LogP) is 2.50. The lowest BCUT2D eigenvalue weighted by Crippen LogP contribution is -2.47. The molecule has 4 heteroatoms. The van der Waals surface area contributed by atoms with Crippen molar-refractivity contribution in [1.29, 1.82) is 0 Å². The van der Waals surface area contributed by atoms with Crippen LogP contribution < -0.4 is 0 Å². The summed E-state index contributed by atoms with van der Waals surface area (Å²) in [5, 5.41) is 9.25. The maximum absolute atomic E-state index is 12.5. The van der Waals surface area contributed by atoms with Crippen LogP contribution in [0.2, 0.25) is 0 Å². The second-order valence-electron chi connectivity index (χ2n) is 6.42. The number of piperidine rings is 1. The highest BCUT2D eigenvalue weighted by molar-refractivity contribution is 6.04. The Morgan fingerprint density at radius 1 is 1.24 bits per heavy atom. The summed E-state index contributed by atoms with van der Waals surface area (Å²) < 4.78 is 0. The first-order chi connectivity index (χ1) is 10.0. The number of carbonyl (C=O) groups excluding carboxylic acids is 1. The van der Waals surface area contributed by atoms with Crippen LogP contribution in [-0.4, -0.2) is 35.0 Å². The molecule has 2 aliphatic rings. The molecule has 1 heterocycles. The highest BCUT2D eigenvalue weighted by atomic mass is 16.4. The Balaban J connectivity index is 1.69. The molecule has 3 rings (SSSR count). The smallest absolute Gasteiger partial charge is 0.319 e. The molecular weight excluding hydrogens is 266 g/mol. The maximum atomic E-state index is 12.5. The molecule has 1 aromatic carbocycles.